The molecule has 3 aromatic rings. The molecule has 7 heteroatoms. The van der Waals surface area contributed by atoms with Gasteiger partial charge in [0.05, 0.1) is 12.1 Å². The molecule has 6 nitrogen and oxygen atoms in total. The Bertz CT molecular complexity index is 1030. The van der Waals surface area contributed by atoms with Crippen molar-refractivity contribution in [3.63, 3.8) is 0 Å². The van der Waals surface area contributed by atoms with Crippen LogP contribution in [0.2, 0.25) is 0 Å². The van der Waals surface area contributed by atoms with Gasteiger partial charge in [0.2, 0.25) is 0 Å². The first-order chi connectivity index (χ1) is 15.5. The number of unbranched alkanes of at least 4 members (excludes halogenated alkanes) is 3. The Labute approximate surface area is 192 Å². The summed E-state index contributed by atoms with van der Waals surface area (Å²) in [4.78, 5) is 27.3. The maximum atomic E-state index is 12.5. The first-order valence-corrected chi connectivity index (χ1v) is 11.8. The van der Waals surface area contributed by atoms with Crippen LogP contribution in [0.4, 0.5) is 10.8 Å². The molecule has 0 aliphatic heterocycles. The van der Waals surface area contributed by atoms with Crippen molar-refractivity contribution in [3.05, 3.63) is 76.3 Å². The van der Waals surface area contributed by atoms with Crippen molar-refractivity contribution in [2.45, 2.75) is 52.0 Å². The number of hydrogen-bond donors (Lipinski definition) is 3. The number of carboxylic acids is 1. The summed E-state index contributed by atoms with van der Waals surface area (Å²) in [5.41, 5.74) is 4.54. The highest BCUT2D eigenvalue weighted by molar-refractivity contribution is 7.14. The number of anilines is 2. The number of amides is 1. The van der Waals surface area contributed by atoms with Gasteiger partial charge in [-0.25, -0.2) is 4.98 Å². The molecular weight excluding hydrogens is 422 g/mol. The quantitative estimate of drug-likeness (QED) is 0.305. The average molecular weight is 452 g/mol. The summed E-state index contributed by atoms with van der Waals surface area (Å²) in [6.07, 6.45) is 5.90. The Kier molecular flexibility index (Phi) is 8.80. The molecule has 168 valence electrons. The standard InChI is InChI=1S/C25H29N3O3S/c1-2-3-4-5-8-19-9-6-7-10-22(19)26-16-18-11-13-20(14-12-18)24(31)28-25-27-21(17-32-25)15-23(29)30/h6-7,9-14,17,26H,2-5,8,15-16H2,1H3,(H,29,30)(H,27,28,31). The Morgan fingerprint density at radius 3 is 2.56 bits per heavy atom. The van der Waals surface area contributed by atoms with Crippen molar-refractivity contribution in [1.29, 1.82) is 0 Å². The molecule has 0 atom stereocenters. The molecule has 0 aliphatic carbocycles. The van der Waals surface area contributed by atoms with Crippen LogP contribution in [-0.2, 0) is 24.2 Å². The number of aliphatic carboxylic acids is 1. The molecule has 0 fully saturated rings. The van der Waals surface area contributed by atoms with E-state index in [0.717, 1.165) is 17.7 Å². The van der Waals surface area contributed by atoms with Crippen LogP contribution >= 0.6 is 11.3 Å². The molecule has 3 rings (SSSR count). The van der Waals surface area contributed by atoms with E-state index >= 15 is 0 Å². The fraction of sp³-hybridized carbons (Fsp3) is 0.320. The van der Waals surface area contributed by atoms with E-state index in [1.807, 2.05) is 18.2 Å². The van der Waals surface area contributed by atoms with Crippen molar-refractivity contribution in [2.75, 3.05) is 10.6 Å². The predicted octanol–water partition coefficient (Wildman–Crippen LogP) is 5.76. The van der Waals surface area contributed by atoms with Crippen LogP contribution in [-0.4, -0.2) is 22.0 Å². The van der Waals surface area contributed by atoms with Crippen LogP contribution in [0.15, 0.2) is 53.9 Å². The van der Waals surface area contributed by atoms with E-state index in [4.69, 9.17) is 5.11 Å². The van der Waals surface area contributed by atoms with Gasteiger partial charge in [0.15, 0.2) is 5.13 Å². The smallest absolute Gasteiger partial charge is 0.309 e. The zero-order chi connectivity index (χ0) is 22.8. The minimum atomic E-state index is -0.948. The van der Waals surface area contributed by atoms with E-state index in [1.165, 1.54) is 42.6 Å². The number of carbonyl (C=O) groups is 2. The number of para-hydroxylation sites is 1. The van der Waals surface area contributed by atoms with Crippen LogP contribution in [0.1, 0.15) is 59.8 Å². The lowest BCUT2D eigenvalue weighted by molar-refractivity contribution is -0.136. The summed E-state index contributed by atoms with van der Waals surface area (Å²) < 4.78 is 0. The fourth-order valence-electron chi connectivity index (χ4n) is 3.39. The number of nitrogens with zero attached hydrogens (tertiary/aromatic N) is 1. The number of aryl methyl sites for hydroxylation is 1. The number of nitrogens with one attached hydrogen (secondary N) is 2. The number of rotatable bonds is 12. The molecule has 0 unspecified atom stereocenters. The molecule has 1 aromatic heterocycles. The molecular formula is C25H29N3O3S. The highest BCUT2D eigenvalue weighted by Gasteiger charge is 2.11. The summed E-state index contributed by atoms with van der Waals surface area (Å²) in [5.74, 6) is -1.21. The maximum Gasteiger partial charge on any atom is 0.309 e. The molecule has 3 N–H and O–H groups in total. The lowest BCUT2D eigenvalue weighted by Crippen LogP contribution is -2.12. The third kappa shape index (κ3) is 7.20. The lowest BCUT2D eigenvalue weighted by atomic mass is 10.0. The first-order valence-electron chi connectivity index (χ1n) is 10.9. The van der Waals surface area contributed by atoms with Gasteiger partial charge >= 0.3 is 5.97 Å². The van der Waals surface area contributed by atoms with Crippen molar-refractivity contribution in [3.8, 4) is 0 Å². The van der Waals surface area contributed by atoms with Gasteiger partial charge in [-0.3, -0.25) is 14.9 Å². The second kappa shape index (κ2) is 12.0. The highest BCUT2D eigenvalue weighted by atomic mass is 32.1. The zero-order valence-corrected chi connectivity index (χ0v) is 19.1. The van der Waals surface area contributed by atoms with E-state index in [9.17, 15) is 9.59 Å². The number of aromatic nitrogens is 1. The van der Waals surface area contributed by atoms with Gasteiger partial charge < -0.3 is 10.4 Å². The van der Waals surface area contributed by atoms with Crippen LogP contribution < -0.4 is 10.6 Å². The zero-order valence-electron chi connectivity index (χ0n) is 18.3. The van der Waals surface area contributed by atoms with Gasteiger partial charge in [0, 0.05) is 23.2 Å². The Morgan fingerprint density at radius 1 is 1.03 bits per heavy atom. The fourth-order valence-corrected chi connectivity index (χ4v) is 4.10. The number of hydrogen-bond acceptors (Lipinski definition) is 5. The third-order valence-electron chi connectivity index (χ3n) is 5.12. The number of thiazole rings is 1. The van der Waals surface area contributed by atoms with E-state index in [2.05, 4.69) is 40.7 Å². The molecule has 1 amide bonds. The third-order valence-corrected chi connectivity index (χ3v) is 5.93. The number of carboxylic acid groups (broad SMARTS) is 1. The SMILES string of the molecule is CCCCCCc1ccccc1NCc1ccc(C(=O)Nc2nc(CC(=O)O)cs2)cc1. The van der Waals surface area contributed by atoms with Crippen LogP contribution in [0, 0.1) is 0 Å². The summed E-state index contributed by atoms with van der Waals surface area (Å²) in [5, 5.41) is 17.1. The van der Waals surface area contributed by atoms with E-state index in [-0.39, 0.29) is 12.3 Å². The number of carbonyl (C=O) groups excluding carboxylic acids is 1. The van der Waals surface area contributed by atoms with Crippen LogP contribution in [0.25, 0.3) is 0 Å². The van der Waals surface area contributed by atoms with Crippen molar-refractivity contribution in [2.24, 2.45) is 0 Å². The second-order valence-corrected chi connectivity index (χ2v) is 8.55. The Balaban J connectivity index is 1.53. The topological polar surface area (TPSA) is 91.3 Å². The van der Waals surface area contributed by atoms with E-state index in [1.54, 1.807) is 17.5 Å². The Morgan fingerprint density at radius 2 is 1.81 bits per heavy atom. The largest absolute Gasteiger partial charge is 0.481 e. The van der Waals surface area contributed by atoms with Crippen molar-refractivity contribution < 1.29 is 14.7 Å². The Hall–Kier alpha value is -3.19. The molecule has 0 saturated heterocycles. The molecule has 0 aliphatic rings. The normalized spacial score (nSPS) is 10.7. The van der Waals surface area contributed by atoms with Crippen molar-refractivity contribution >= 4 is 34.0 Å². The first kappa shape index (κ1) is 23.5. The van der Waals surface area contributed by atoms with E-state index in [0.29, 0.717) is 22.9 Å². The molecule has 0 spiro atoms. The van der Waals surface area contributed by atoms with Gasteiger partial charge in [-0.2, -0.15) is 0 Å². The van der Waals surface area contributed by atoms with Crippen LogP contribution in [0.5, 0.6) is 0 Å². The van der Waals surface area contributed by atoms with Gasteiger partial charge in [0.1, 0.15) is 0 Å². The summed E-state index contributed by atoms with van der Waals surface area (Å²) in [6.45, 7) is 2.90. The van der Waals surface area contributed by atoms with Gasteiger partial charge in [-0.05, 0) is 42.2 Å². The number of benzene rings is 2. The molecule has 0 saturated carbocycles. The van der Waals surface area contributed by atoms with Gasteiger partial charge in [0.25, 0.3) is 5.91 Å². The van der Waals surface area contributed by atoms with Crippen LogP contribution in [0.3, 0.4) is 0 Å². The lowest BCUT2D eigenvalue weighted by Gasteiger charge is -2.12. The predicted molar refractivity (Wildman–Crippen MR) is 129 cm³/mol. The monoisotopic (exact) mass is 451 g/mol. The molecule has 2 aromatic carbocycles. The summed E-state index contributed by atoms with van der Waals surface area (Å²) >= 11 is 1.22. The minimum Gasteiger partial charge on any atom is -0.481 e. The molecule has 0 bridgehead atoms. The summed E-state index contributed by atoms with van der Waals surface area (Å²) in [6, 6.07) is 15.9. The average Bonchev–Trinajstić information content (AvgIpc) is 3.22. The maximum absolute atomic E-state index is 12.5. The summed E-state index contributed by atoms with van der Waals surface area (Å²) in [7, 11) is 0. The minimum absolute atomic E-state index is 0.157. The van der Waals surface area contributed by atoms with E-state index < -0.39 is 5.97 Å². The molecule has 0 radical (unpaired) electrons. The van der Waals surface area contributed by atoms with Gasteiger partial charge in [-0.1, -0.05) is 56.5 Å². The van der Waals surface area contributed by atoms with Gasteiger partial charge in [-0.15, -0.1) is 11.3 Å². The van der Waals surface area contributed by atoms with Crippen molar-refractivity contribution in [1.82, 2.24) is 4.98 Å². The highest BCUT2D eigenvalue weighted by Crippen LogP contribution is 2.20. The molecule has 32 heavy (non-hydrogen) atoms. The second-order valence-electron chi connectivity index (χ2n) is 7.69. The molecule has 1 heterocycles.